The number of aryl methyl sites for hydroxylation is 1. The van der Waals surface area contributed by atoms with Gasteiger partial charge in [0.1, 0.15) is 0 Å². The van der Waals surface area contributed by atoms with Crippen LogP contribution in [-0.4, -0.2) is 8.07 Å². The number of fused-ring (bicyclic) bond motifs is 3. The molecule has 0 fully saturated rings. The zero-order valence-corrected chi connectivity index (χ0v) is 19.1. The summed E-state index contributed by atoms with van der Waals surface area (Å²) in [6.07, 6.45) is 12.5. The molecule has 3 aliphatic carbocycles. The highest BCUT2D eigenvalue weighted by molar-refractivity contribution is 9.10. The summed E-state index contributed by atoms with van der Waals surface area (Å²) in [6.45, 7) is 7.58. The molecule has 2 atom stereocenters. The van der Waals surface area contributed by atoms with Crippen LogP contribution in [0.4, 0.5) is 0 Å². The monoisotopic (exact) mass is 434 g/mol. The van der Waals surface area contributed by atoms with Gasteiger partial charge in [-0.15, -0.1) is 0 Å². The third-order valence-corrected chi connectivity index (χ3v) is 12.4. The molecular weight excluding hydrogens is 408 g/mol. The molecule has 3 aliphatic rings. The van der Waals surface area contributed by atoms with E-state index in [0.717, 1.165) is 0 Å². The Balaban J connectivity index is 1.63. The molecule has 0 heterocycles. The molecule has 2 aromatic carbocycles. The van der Waals surface area contributed by atoms with Gasteiger partial charge in [0.25, 0.3) is 0 Å². The maximum atomic E-state index is 4.01. The molecule has 138 valence electrons. The van der Waals surface area contributed by atoms with E-state index in [4.69, 9.17) is 0 Å². The average molecular weight is 435 g/mol. The van der Waals surface area contributed by atoms with Crippen molar-refractivity contribution in [1.29, 1.82) is 0 Å². The molecule has 2 heteroatoms. The third kappa shape index (κ3) is 2.60. The summed E-state index contributed by atoms with van der Waals surface area (Å²) in [5.41, 5.74) is 12.0. The van der Waals surface area contributed by atoms with Crippen LogP contribution in [0.25, 0.3) is 12.2 Å². The minimum absolute atomic E-state index is 0.600. The van der Waals surface area contributed by atoms with Crippen LogP contribution >= 0.6 is 15.9 Å². The molecule has 0 saturated heterocycles. The summed E-state index contributed by atoms with van der Waals surface area (Å²) in [6, 6.07) is 11.6. The fourth-order valence-electron chi connectivity index (χ4n) is 5.90. The van der Waals surface area contributed by atoms with Crippen molar-refractivity contribution < 1.29 is 0 Å². The van der Waals surface area contributed by atoms with E-state index in [1.165, 1.54) is 41.3 Å². The van der Waals surface area contributed by atoms with Crippen molar-refractivity contribution in [3.63, 3.8) is 0 Å². The van der Waals surface area contributed by atoms with Gasteiger partial charge < -0.3 is 0 Å². The molecule has 0 aromatic heterocycles. The van der Waals surface area contributed by atoms with Crippen molar-refractivity contribution in [3.05, 3.63) is 79.8 Å². The van der Waals surface area contributed by atoms with E-state index in [1.54, 1.807) is 27.8 Å². The van der Waals surface area contributed by atoms with Gasteiger partial charge >= 0.3 is 0 Å². The van der Waals surface area contributed by atoms with Crippen molar-refractivity contribution in [2.75, 3.05) is 0 Å². The quantitative estimate of drug-likeness (QED) is 0.431. The summed E-state index contributed by atoms with van der Waals surface area (Å²) >= 11 is 4.01. The highest BCUT2D eigenvalue weighted by Gasteiger charge is 2.45. The van der Waals surface area contributed by atoms with Crippen molar-refractivity contribution >= 4 is 36.2 Å². The third-order valence-electron chi connectivity index (χ3n) is 7.14. The molecule has 2 unspecified atom stereocenters. The summed E-state index contributed by atoms with van der Waals surface area (Å²) < 4.78 is 1.39. The molecule has 0 radical (unpaired) electrons. The lowest BCUT2D eigenvalue weighted by Gasteiger charge is -2.37. The molecule has 0 nitrogen and oxygen atoms in total. The second-order valence-electron chi connectivity index (χ2n) is 9.15. The standard InChI is InChI=1S/C25H27BrSi/c1-16-14-21-22(15-18-9-5-7-11-20(18)24(21)26)25(16)27(2,3)23-13-12-17-8-4-6-10-19(17)23/h4,6,8,10,12-15,23,25H,5,7,9,11H2,1-3H3. The van der Waals surface area contributed by atoms with Crippen LogP contribution in [0, 0.1) is 0 Å². The Kier molecular flexibility index (Phi) is 4.14. The summed E-state index contributed by atoms with van der Waals surface area (Å²) in [4.78, 5) is 0. The summed E-state index contributed by atoms with van der Waals surface area (Å²) in [5.74, 6) is 0. The Labute approximate surface area is 172 Å². The van der Waals surface area contributed by atoms with E-state index in [-0.39, 0.29) is 0 Å². The Hall–Kier alpha value is -1.38. The van der Waals surface area contributed by atoms with E-state index < -0.39 is 8.07 Å². The molecule has 27 heavy (non-hydrogen) atoms. The van der Waals surface area contributed by atoms with Gasteiger partial charge in [-0.25, -0.2) is 0 Å². The van der Waals surface area contributed by atoms with Crippen molar-refractivity contribution in [3.8, 4) is 0 Å². The smallest absolute Gasteiger partial charge is 0.0718 e. The first-order valence-corrected chi connectivity index (χ1v) is 14.2. The number of hydrogen-bond acceptors (Lipinski definition) is 0. The Morgan fingerprint density at radius 2 is 1.81 bits per heavy atom. The second-order valence-corrected chi connectivity index (χ2v) is 14.8. The number of benzene rings is 2. The second kappa shape index (κ2) is 6.32. The average Bonchev–Trinajstić information content (AvgIpc) is 3.23. The zero-order chi connectivity index (χ0) is 18.8. The number of allylic oxidation sites excluding steroid dienone is 2. The molecular formula is C25H27BrSi. The molecule has 0 spiro atoms. The highest BCUT2D eigenvalue weighted by Crippen LogP contribution is 2.52. The predicted octanol–water partition coefficient (Wildman–Crippen LogP) is 7.43. The maximum absolute atomic E-state index is 4.01. The SMILES string of the molecule is CC1=Cc2c(cc3c(c2Br)CCCC3)C1[Si](C)(C)C1C=Cc2ccccc21. The van der Waals surface area contributed by atoms with E-state index in [1.807, 2.05) is 0 Å². The topological polar surface area (TPSA) is 0 Å². The number of hydrogen-bond donors (Lipinski definition) is 0. The first kappa shape index (κ1) is 17.7. The molecule has 0 bridgehead atoms. The van der Waals surface area contributed by atoms with Gasteiger partial charge in [0.2, 0.25) is 0 Å². The summed E-state index contributed by atoms with van der Waals surface area (Å²) in [5, 5.41) is 0. The molecule has 2 aromatic rings. The highest BCUT2D eigenvalue weighted by atomic mass is 79.9. The van der Waals surface area contributed by atoms with Crippen LogP contribution in [0.15, 0.2) is 46.5 Å². The predicted molar refractivity (Wildman–Crippen MR) is 123 cm³/mol. The Morgan fingerprint density at radius 1 is 1.04 bits per heavy atom. The van der Waals surface area contributed by atoms with Crippen LogP contribution in [0.3, 0.4) is 0 Å². The van der Waals surface area contributed by atoms with Gasteiger partial charge in [-0.2, -0.15) is 0 Å². The first-order chi connectivity index (χ1) is 13.0. The lowest BCUT2D eigenvalue weighted by Crippen LogP contribution is -2.41. The van der Waals surface area contributed by atoms with Gasteiger partial charge in [0, 0.05) is 10.0 Å². The van der Waals surface area contributed by atoms with Crippen molar-refractivity contribution in [2.45, 2.75) is 56.8 Å². The van der Waals surface area contributed by atoms with E-state index in [9.17, 15) is 0 Å². The first-order valence-electron chi connectivity index (χ1n) is 10.3. The van der Waals surface area contributed by atoms with Crippen LogP contribution in [0.1, 0.15) is 64.2 Å². The maximum Gasteiger partial charge on any atom is 0.0718 e. The van der Waals surface area contributed by atoms with Crippen LogP contribution in [-0.2, 0) is 12.8 Å². The molecule has 0 N–H and O–H groups in total. The fourth-order valence-corrected chi connectivity index (χ4v) is 11.0. The van der Waals surface area contributed by atoms with Crippen LogP contribution in [0.2, 0.25) is 13.1 Å². The van der Waals surface area contributed by atoms with E-state index in [0.29, 0.717) is 11.1 Å². The number of halogens is 1. The van der Waals surface area contributed by atoms with Gasteiger partial charge in [-0.3, -0.25) is 0 Å². The van der Waals surface area contributed by atoms with Crippen molar-refractivity contribution in [2.24, 2.45) is 0 Å². The Morgan fingerprint density at radius 3 is 2.67 bits per heavy atom. The van der Waals surface area contributed by atoms with Crippen molar-refractivity contribution in [1.82, 2.24) is 0 Å². The van der Waals surface area contributed by atoms with Gasteiger partial charge in [0.15, 0.2) is 0 Å². The molecule has 0 amide bonds. The molecule has 5 rings (SSSR count). The lowest BCUT2D eigenvalue weighted by atomic mass is 9.88. The molecule has 0 aliphatic heterocycles. The molecule has 0 saturated carbocycles. The van der Waals surface area contributed by atoms with E-state index in [2.05, 4.69) is 84.5 Å². The normalized spacial score (nSPS) is 23.0. The van der Waals surface area contributed by atoms with Crippen LogP contribution < -0.4 is 0 Å². The van der Waals surface area contributed by atoms with Gasteiger partial charge in [-0.1, -0.05) is 67.2 Å². The summed E-state index contributed by atoms with van der Waals surface area (Å²) in [7, 11) is -1.65. The lowest BCUT2D eigenvalue weighted by molar-refractivity contribution is 0.681. The van der Waals surface area contributed by atoms with E-state index >= 15 is 0 Å². The van der Waals surface area contributed by atoms with Gasteiger partial charge in [0.05, 0.1) is 8.07 Å². The fraction of sp³-hybridized carbons (Fsp3) is 0.360. The minimum atomic E-state index is -1.65. The minimum Gasteiger partial charge on any atom is -0.0791 e. The largest absolute Gasteiger partial charge is 0.0791 e. The number of rotatable bonds is 2. The van der Waals surface area contributed by atoms with Crippen LogP contribution in [0.5, 0.6) is 0 Å². The zero-order valence-electron chi connectivity index (χ0n) is 16.5. The van der Waals surface area contributed by atoms with Gasteiger partial charge in [-0.05, 0) is 87.5 Å². The Bertz CT molecular complexity index is 996.